The van der Waals surface area contributed by atoms with Crippen LogP contribution in [0, 0.1) is 0 Å². The molecule has 0 atom stereocenters. The molecule has 0 radical (unpaired) electrons. The standard InChI is InChI=1S/C7H9N3O/c1-8-7-9-10-5-3-2-4-6(10)11-7/h2-4H,5H2,1H3,(H,8,9). The number of nitrogens with zero attached hydrogens (tertiary/aromatic N) is 2. The maximum atomic E-state index is 5.29. The molecule has 0 amide bonds. The second kappa shape index (κ2) is 2.30. The third kappa shape index (κ3) is 0.960. The molecule has 4 heteroatoms. The highest BCUT2D eigenvalue weighted by molar-refractivity contribution is 5.76. The van der Waals surface area contributed by atoms with Crippen LogP contribution in [0.5, 0.6) is 0 Å². The molecule has 58 valence electrons. The van der Waals surface area contributed by atoms with Gasteiger partial charge in [0.1, 0.15) is 0 Å². The molecule has 0 aromatic carbocycles. The van der Waals surface area contributed by atoms with Crippen LogP contribution in [-0.4, -0.2) is 24.6 Å². The monoisotopic (exact) mass is 151 g/mol. The molecule has 1 N–H and O–H groups in total. The lowest BCUT2D eigenvalue weighted by molar-refractivity contribution is 0.278. The summed E-state index contributed by atoms with van der Waals surface area (Å²) in [6.45, 7) is 0.824. The molecule has 1 saturated heterocycles. The zero-order valence-corrected chi connectivity index (χ0v) is 6.24. The van der Waals surface area contributed by atoms with E-state index in [0.29, 0.717) is 6.02 Å². The van der Waals surface area contributed by atoms with Gasteiger partial charge < -0.3 is 4.74 Å². The first-order chi connectivity index (χ1) is 5.40. The van der Waals surface area contributed by atoms with Crippen LogP contribution in [0.2, 0.25) is 0 Å². The molecule has 2 rings (SSSR count). The van der Waals surface area contributed by atoms with Gasteiger partial charge in [0.15, 0.2) is 0 Å². The molecule has 1 fully saturated rings. The molecule has 0 saturated carbocycles. The highest BCUT2D eigenvalue weighted by atomic mass is 16.5. The predicted molar refractivity (Wildman–Crippen MR) is 41.5 cm³/mol. The Hall–Kier alpha value is -1.45. The fraction of sp³-hybridized carbons (Fsp3) is 0.286. The first-order valence-corrected chi connectivity index (χ1v) is 3.46. The number of hydrazine groups is 1. The van der Waals surface area contributed by atoms with Crippen LogP contribution < -0.4 is 5.43 Å². The Bertz CT molecular complexity index is 254. The fourth-order valence-corrected chi connectivity index (χ4v) is 1.02. The van der Waals surface area contributed by atoms with Crippen LogP contribution in [0.4, 0.5) is 0 Å². The van der Waals surface area contributed by atoms with Gasteiger partial charge in [-0.05, 0) is 0 Å². The summed E-state index contributed by atoms with van der Waals surface area (Å²) in [4.78, 5) is 3.88. The van der Waals surface area contributed by atoms with Crippen LogP contribution in [0.25, 0.3) is 0 Å². The average Bonchev–Trinajstić information content (AvgIpc) is 2.46. The van der Waals surface area contributed by atoms with Gasteiger partial charge in [-0.3, -0.25) is 0 Å². The average molecular weight is 151 g/mol. The smallest absolute Gasteiger partial charge is 0.310 e. The van der Waals surface area contributed by atoms with Gasteiger partial charge >= 0.3 is 6.02 Å². The highest BCUT2D eigenvalue weighted by Crippen LogP contribution is 2.14. The van der Waals surface area contributed by atoms with Crippen LogP contribution in [0.15, 0.2) is 29.1 Å². The van der Waals surface area contributed by atoms with Crippen LogP contribution in [0.1, 0.15) is 0 Å². The first kappa shape index (κ1) is 6.27. The number of allylic oxidation sites excluding steroid dienone is 2. The van der Waals surface area contributed by atoms with Gasteiger partial charge in [-0.1, -0.05) is 12.2 Å². The third-order valence-electron chi connectivity index (χ3n) is 1.56. The van der Waals surface area contributed by atoms with E-state index in [0.717, 1.165) is 12.4 Å². The number of ether oxygens (including phenoxy) is 1. The molecule has 11 heavy (non-hydrogen) atoms. The normalized spacial score (nSPS) is 24.3. The summed E-state index contributed by atoms with van der Waals surface area (Å²) in [5, 5.41) is 1.89. The quantitative estimate of drug-likeness (QED) is 0.538. The van der Waals surface area contributed by atoms with Crippen LogP contribution in [-0.2, 0) is 4.74 Å². The number of hydrogen-bond donors (Lipinski definition) is 1. The zero-order valence-electron chi connectivity index (χ0n) is 6.24. The van der Waals surface area contributed by atoms with E-state index < -0.39 is 0 Å². The Labute approximate surface area is 64.8 Å². The summed E-state index contributed by atoms with van der Waals surface area (Å²) in [7, 11) is 1.69. The second-order valence-electron chi connectivity index (χ2n) is 2.29. The Balaban J connectivity index is 2.21. The van der Waals surface area contributed by atoms with E-state index in [1.807, 2.05) is 23.2 Å². The summed E-state index contributed by atoms with van der Waals surface area (Å²) in [6, 6.07) is 0.556. The molecule has 0 aliphatic carbocycles. The van der Waals surface area contributed by atoms with E-state index in [4.69, 9.17) is 4.74 Å². The second-order valence-corrected chi connectivity index (χ2v) is 2.29. The van der Waals surface area contributed by atoms with Gasteiger partial charge in [-0.25, -0.2) is 15.4 Å². The lowest BCUT2D eigenvalue weighted by Gasteiger charge is -2.15. The van der Waals surface area contributed by atoms with E-state index in [9.17, 15) is 0 Å². The van der Waals surface area contributed by atoms with Gasteiger partial charge in [0.05, 0.1) is 6.54 Å². The summed E-state index contributed by atoms with van der Waals surface area (Å²) < 4.78 is 5.29. The number of rotatable bonds is 0. The van der Waals surface area contributed by atoms with Crippen LogP contribution >= 0.6 is 0 Å². The number of hydrogen-bond acceptors (Lipinski definition) is 3. The van der Waals surface area contributed by atoms with E-state index in [2.05, 4.69) is 10.4 Å². The molecule has 0 aromatic rings. The van der Waals surface area contributed by atoms with Crippen molar-refractivity contribution in [3.63, 3.8) is 0 Å². The van der Waals surface area contributed by atoms with Crippen molar-refractivity contribution >= 4 is 6.02 Å². The van der Waals surface area contributed by atoms with Gasteiger partial charge in [0.25, 0.3) is 0 Å². The molecule has 0 aromatic heterocycles. The van der Waals surface area contributed by atoms with E-state index >= 15 is 0 Å². The first-order valence-electron chi connectivity index (χ1n) is 3.46. The maximum Gasteiger partial charge on any atom is 0.310 e. The van der Waals surface area contributed by atoms with Crippen molar-refractivity contribution in [2.24, 2.45) is 4.99 Å². The summed E-state index contributed by atoms with van der Waals surface area (Å²) in [6.07, 6.45) is 5.90. The SMILES string of the molecule is CN=C1NN2CC=CC=C2O1. The summed E-state index contributed by atoms with van der Waals surface area (Å²) in [5.41, 5.74) is 2.98. The molecular formula is C7H9N3O. The fourth-order valence-electron chi connectivity index (χ4n) is 1.02. The van der Waals surface area contributed by atoms with Gasteiger partial charge in [0, 0.05) is 13.1 Å². The summed E-state index contributed by atoms with van der Waals surface area (Å²) in [5.74, 6) is 0.813. The molecular weight excluding hydrogens is 142 g/mol. The van der Waals surface area contributed by atoms with Crippen LogP contribution in [0.3, 0.4) is 0 Å². The molecule has 2 aliphatic heterocycles. The lowest BCUT2D eigenvalue weighted by Crippen LogP contribution is -2.33. The molecule has 0 bridgehead atoms. The van der Waals surface area contributed by atoms with E-state index in [1.54, 1.807) is 7.05 Å². The number of amidine groups is 1. The molecule has 4 nitrogen and oxygen atoms in total. The van der Waals surface area contributed by atoms with E-state index in [-0.39, 0.29) is 0 Å². The van der Waals surface area contributed by atoms with Crippen molar-refractivity contribution in [1.29, 1.82) is 0 Å². The molecule has 0 spiro atoms. The van der Waals surface area contributed by atoms with Crippen molar-refractivity contribution in [3.8, 4) is 0 Å². The Morgan fingerprint density at radius 3 is 3.36 bits per heavy atom. The largest absolute Gasteiger partial charge is 0.406 e. The van der Waals surface area contributed by atoms with Crippen molar-refractivity contribution in [2.45, 2.75) is 0 Å². The van der Waals surface area contributed by atoms with Gasteiger partial charge in [-0.15, -0.1) is 0 Å². The zero-order chi connectivity index (χ0) is 7.68. The van der Waals surface area contributed by atoms with E-state index in [1.165, 1.54) is 0 Å². The predicted octanol–water partition coefficient (Wildman–Crippen LogP) is 0.220. The number of nitrogens with one attached hydrogen (secondary N) is 1. The highest BCUT2D eigenvalue weighted by Gasteiger charge is 2.22. The van der Waals surface area contributed by atoms with Crippen molar-refractivity contribution in [2.75, 3.05) is 13.6 Å². The topological polar surface area (TPSA) is 36.9 Å². The van der Waals surface area contributed by atoms with Crippen molar-refractivity contribution < 1.29 is 4.74 Å². The Morgan fingerprint density at radius 1 is 1.73 bits per heavy atom. The Kier molecular flexibility index (Phi) is 1.31. The maximum absolute atomic E-state index is 5.29. The van der Waals surface area contributed by atoms with Gasteiger partial charge in [0.2, 0.25) is 5.88 Å². The molecule has 2 aliphatic rings. The molecule has 0 unspecified atom stereocenters. The number of aliphatic imine (C=N–C) groups is 1. The molecule has 2 heterocycles. The number of fused-ring (bicyclic) bond motifs is 1. The van der Waals surface area contributed by atoms with Crippen molar-refractivity contribution in [1.82, 2.24) is 10.4 Å². The Morgan fingerprint density at radius 2 is 2.64 bits per heavy atom. The minimum Gasteiger partial charge on any atom is -0.406 e. The lowest BCUT2D eigenvalue weighted by atomic mass is 10.4. The van der Waals surface area contributed by atoms with Gasteiger partial charge in [-0.2, -0.15) is 0 Å². The third-order valence-corrected chi connectivity index (χ3v) is 1.56. The van der Waals surface area contributed by atoms with Crippen molar-refractivity contribution in [3.05, 3.63) is 24.1 Å². The minimum absolute atomic E-state index is 0.556. The minimum atomic E-state index is 0.556. The summed E-state index contributed by atoms with van der Waals surface area (Å²) >= 11 is 0.